The first kappa shape index (κ1) is 16.9. The number of carbonyl (C=O) groups is 1. The summed E-state index contributed by atoms with van der Waals surface area (Å²) in [4.78, 5) is 14.7. The van der Waals surface area contributed by atoms with Gasteiger partial charge in [0.15, 0.2) is 4.77 Å². The molecule has 0 saturated heterocycles. The Hall–Kier alpha value is -1.99. The minimum absolute atomic E-state index is 0.0575. The maximum Gasteiger partial charge on any atom is 0.237 e. The van der Waals surface area contributed by atoms with E-state index in [-0.39, 0.29) is 11.9 Å². The third-order valence-corrected chi connectivity index (χ3v) is 4.98. The summed E-state index contributed by atoms with van der Waals surface area (Å²) in [5.74, 6) is 0.886. The van der Waals surface area contributed by atoms with Crippen LogP contribution in [0.3, 0.4) is 0 Å². The summed E-state index contributed by atoms with van der Waals surface area (Å²) < 4.78 is 2.47. The molecule has 6 nitrogen and oxygen atoms in total. The van der Waals surface area contributed by atoms with Gasteiger partial charge in [-0.05, 0) is 43.6 Å². The van der Waals surface area contributed by atoms with Crippen molar-refractivity contribution in [2.75, 3.05) is 13.1 Å². The Bertz CT molecular complexity index is 781. The molecule has 1 aromatic carbocycles. The molecule has 24 heavy (non-hydrogen) atoms. The van der Waals surface area contributed by atoms with Crippen LogP contribution in [-0.2, 0) is 24.3 Å². The van der Waals surface area contributed by atoms with Crippen LogP contribution < -0.4 is 5.32 Å². The number of rotatable bonds is 5. The van der Waals surface area contributed by atoms with Gasteiger partial charge < -0.3 is 9.88 Å². The van der Waals surface area contributed by atoms with Gasteiger partial charge in [0.1, 0.15) is 5.82 Å². The van der Waals surface area contributed by atoms with Crippen LogP contribution in [0.1, 0.15) is 23.9 Å². The van der Waals surface area contributed by atoms with Crippen molar-refractivity contribution in [1.82, 2.24) is 25.0 Å². The lowest BCUT2D eigenvalue weighted by Gasteiger charge is -2.32. The lowest BCUT2D eigenvalue weighted by atomic mass is 9.99. The number of aryl methyl sites for hydroxylation is 1. The van der Waals surface area contributed by atoms with Gasteiger partial charge in [-0.15, -0.1) is 0 Å². The molecule has 2 aromatic rings. The van der Waals surface area contributed by atoms with E-state index in [1.165, 1.54) is 11.1 Å². The van der Waals surface area contributed by atoms with E-state index in [4.69, 9.17) is 12.2 Å². The van der Waals surface area contributed by atoms with Gasteiger partial charge in [0.05, 0.1) is 6.04 Å². The quantitative estimate of drug-likeness (QED) is 0.811. The first-order chi connectivity index (χ1) is 11.6. The fourth-order valence-corrected chi connectivity index (χ4v) is 3.38. The van der Waals surface area contributed by atoms with Gasteiger partial charge in [0.2, 0.25) is 5.91 Å². The van der Waals surface area contributed by atoms with Gasteiger partial charge in [0, 0.05) is 26.2 Å². The molecule has 1 aromatic heterocycles. The molecule has 2 heterocycles. The second-order valence-electron chi connectivity index (χ2n) is 6.18. The summed E-state index contributed by atoms with van der Waals surface area (Å²) in [7, 11) is 0. The van der Waals surface area contributed by atoms with Gasteiger partial charge in [-0.25, -0.2) is 0 Å². The number of hydrogen-bond donors (Lipinski definition) is 2. The number of aromatic nitrogens is 3. The van der Waals surface area contributed by atoms with Gasteiger partial charge in [-0.3, -0.25) is 14.8 Å². The highest BCUT2D eigenvalue weighted by atomic mass is 32.1. The summed E-state index contributed by atoms with van der Waals surface area (Å²) in [6, 6.07) is 8.32. The van der Waals surface area contributed by atoms with Crippen LogP contribution in [-0.4, -0.2) is 44.7 Å². The van der Waals surface area contributed by atoms with Crippen molar-refractivity contribution in [1.29, 1.82) is 0 Å². The average Bonchev–Trinajstić information content (AvgIpc) is 2.92. The van der Waals surface area contributed by atoms with Crippen LogP contribution >= 0.6 is 12.2 Å². The monoisotopic (exact) mass is 345 g/mol. The molecule has 0 bridgehead atoms. The van der Waals surface area contributed by atoms with Crippen molar-refractivity contribution in [3.63, 3.8) is 0 Å². The molecule has 0 aliphatic carbocycles. The van der Waals surface area contributed by atoms with Gasteiger partial charge in [-0.2, -0.15) is 5.10 Å². The van der Waals surface area contributed by atoms with E-state index in [0.717, 1.165) is 25.3 Å². The number of nitrogens with one attached hydrogen (secondary N) is 2. The van der Waals surface area contributed by atoms with Crippen molar-refractivity contribution in [2.24, 2.45) is 0 Å². The second kappa shape index (κ2) is 7.27. The topological polar surface area (TPSA) is 66.0 Å². The van der Waals surface area contributed by atoms with E-state index in [1.807, 2.05) is 18.4 Å². The first-order valence-corrected chi connectivity index (χ1v) is 8.67. The molecule has 128 valence electrons. The van der Waals surface area contributed by atoms with Gasteiger partial charge >= 0.3 is 0 Å². The van der Waals surface area contributed by atoms with E-state index in [0.29, 0.717) is 17.9 Å². The lowest BCUT2D eigenvalue weighted by molar-refractivity contribution is -0.126. The third-order valence-electron chi connectivity index (χ3n) is 4.67. The van der Waals surface area contributed by atoms with E-state index >= 15 is 0 Å². The molecule has 0 radical (unpaired) electrons. The standard InChI is InChI=1S/C17H23N5OS/c1-12(21-9-7-14-5-3-4-6-15(14)11-21)16(23)18-8-10-22-13(2)19-20-17(22)24/h3-6,12H,7-11H2,1-2H3,(H,18,23)(H,20,24)/t12-/m1/s1. The highest BCUT2D eigenvalue weighted by Gasteiger charge is 2.24. The van der Waals surface area contributed by atoms with E-state index in [2.05, 4.69) is 44.7 Å². The average molecular weight is 345 g/mol. The first-order valence-electron chi connectivity index (χ1n) is 8.26. The fourth-order valence-electron chi connectivity index (χ4n) is 3.11. The zero-order valence-corrected chi connectivity index (χ0v) is 14.9. The number of carbonyl (C=O) groups excluding carboxylic acids is 1. The summed E-state index contributed by atoms with van der Waals surface area (Å²) in [6.07, 6.45) is 0.997. The molecular weight excluding hydrogens is 322 g/mol. The minimum atomic E-state index is -0.142. The highest BCUT2D eigenvalue weighted by molar-refractivity contribution is 7.71. The molecule has 3 rings (SSSR count). The number of nitrogens with zero attached hydrogens (tertiary/aromatic N) is 3. The van der Waals surface area contributed by atoms with E-state index in [1.54, 1.807) is 0 Å². The molecule has 2 N–H and O–H groups in total. The molecule has 1 aliphatic rings. The van der Waals surface area contributed by atoms with E-state index < -0.39 is 0 Å². The molecule has 1 aliphatic heterocycles. The maximum absolute atomic E-state index is 12.4. The predicted molar refractivity (Wildman–Crippen MR) is 95.2 cm³/mol. The molecule has 0 saturated carbocycles. The number of benzene rings is 1. The highest BCUT2D eigenvalue weighted by Crippen LogP contribution is 2.20. The summed E-state index contributed by atoms with van der Waals surface area (Å²) in [5, 5.41) is 9.83. The number of amides is 1. The Morgan fingerprint density at radius 1 is 1.42 bits per heavy atom. The molecule has 0 spiro atoms. The molecule has 0 unspecified atom stereocenters. The van der Waals surface area contributed by atoms with Crippen LogP contribution in [0.25, 0.3) is 0 Å². The molecule has 0 fully saturated rings. The normalized spacial score (nSPS) is 15.8. The number of aromatic amines is 1. The Balaban J connectivity index is 1.53. The lowest BCUT2D eigenvalue weighted by Crippen LogP contribution is -2.47. The zero-order chi connectivity index (χ0) is 17.1. The van der Waals surface area contributed by atoms with Crippen molar-refractivity contribution in [2.45, 2.75) is 39.4 Å². The number of H-pyrrole nitrogens is 1. The molecule has 7 heteroatoms. The summed E-state index contributed by atoms with van der Waals surface area (Å²) >= 11 is 5.17. The van der Waals surface area contributed by atoms with E-state index in [9.17, 15) is 4.79 Å². The second-order valence-corrected chi connectivity index (χ2v) is 6.57. The Labute approximate surface area is 146 Å². The molecule has 1 amide bonds. The molecular formula is C17H23N5OS. The fraction of sp³-hybridized carbons (Fsp3) is 0.471. The van der Waals surface area contributed by atoms with Crippen LogP contribution in [0.5, 0.6) is 0 Å². The van der Waals surface area contributed by atoms with Crippen LogP contribution in [0.2, 0.25) is 0 Å². The van der Waals surface area contributed by atoms with Gasteiger partial charge in [0.25, 0.3) is 0 Å². The molecule has 1 atom stereocenters. The number of fused-ring (bicyclic) bond motifs is 1. The number of hydrogen-bond acceptors (Lipinski definition) is 4. The van der Waals surface area contributed by atoms with Crippen LogP contribution in [0.4, 0.5) is 0 Å². The smallest absolute Gasteiger partial charge is 0.237 e. The predicted octanol–water partition coefficient (Wildman–Crippen LogP) is 1.81. The van der Waals surface area contributed by atoms with Crippen molar-refractivity contribution in [3.8, 4) is 0 Å². The Morgan fingerprint density at radius 2 is 2.17 bits per heavy atom. The van der Waals surface area contributed by atoms with Gasteiger partial charge in [-0.1, -0.05) is 24.3 Å². The van der Waals surface area contributed by atoms with Crippen molar-refractivity contribution in [3.05, 3.63) is 46.0 Å². The summed E-state index contributed by atoms with van der Waals surface area (Å²) in [5.41, 5.74) is 2.72. The van der Waals surface area contributed by atoms with Crippen molar-refractivity contribution < 1.29 is 4.79 Å². The Kier molecular flexibility index (Phi) is 5.11. The van der Waals surface area contributed by atoms with Crippen LogP contribution in [0, 0.1) is 11.7 Å². The zero-order valence-electron chi connectivity index (χ0n) is 14.1. The minimum Gasteiger partial charge on any atom is -0.353 e. The Morgan fingerprint density at radius 3 is 2.88 bits per heavy atom. The summed E-state index contributed by atoms with van der Waals surface area (Å²) in [6.45, 7) is 6.78. The maximum atomic E-state index is 12.4. The van der Waals surface area contributed by atoms with Crippen LogP contribution in [0.15, 0.2) is 24.3 Å². The largest absolute Gasteiger partial charge is 0.353 e. The SMILES string of the molecule is Cc1n[nH]c(=S)n1CCNC(=O)[C@@H](C)N1CCc2ccccc2C1. The van der Waals surface area contributed by atoms with Crippen molar-refractivity contribution >= 4 is 18.1 Å². The third kappa shape index (κ3) is 3.57.